The fourth-order valence-electron chi connectivity index (χ4n) is 1.33. The van der Waals surface area contributed by atoms with Crippen LogP contribution in [0.2, 0.25) is 0 Å². The molecule has 1 aliphatic rings. The molecule has 0 radical (unpaired) electrons. The van der Waals surface area contributed by atoms with Crippen LogP contribution in [0.5, 0.6) is 5.75 Å². The van der Waals surface area contributed by atoms with Gasteiger partial charge in [-0.2, -0.15) is 0 Å². The molecule has 0 saturated carbocycles. The minimum Gasteiger partial charge on any atom is -0.462 e. The van der Waals surface area contributed by atoms with E-state index in [0.29, 0.717) is 0 Å². The van der Waals surface area contributed by atoms with Gasteiger partial charge in [-0.15, -0.1) is 0 Å². The Hall–Kier alpha value is -1.28. The minimum atomic E-state index is 0.919. The molecule has 1 aromatic carbocycles. The van der Waals surface area contributed by atoms with E-state index in [0.717, 1.165) is 31.0 Å². The first-order chi connectivity index (χ1) is 6.45. The Morgan fingerprint density at radius 1 is 1.15 bits per heavy atom. The molecule has 1 aliphatic heterocycles. The lowest BCUT2D eigenvalue weighted by Crippen LogP contribution is -2.22. The van der Waals surface area contributed by atoms with Crippen molar-refractivity contribution in [1.82, 2.24) is 5.32 Å². The van der Waals surface area contributed by atoms with Crippen molar-refractivity contribution >= 4 is 0 Å². The highest BCUT2D eigenvalue weighted by Crippen LogP contribution is 2.15. The number of para-hydroxylation sites is 1. The summed E-state index contributed by atoms with van der Waals surface area (Å²) in [6, 6.07) is 9.91. The zero-order valence-corrected chi connectivity index (χ0v) is 7.49. The zero-order chi connectivity index (χ0) is 8.93. The second-order valence-electron chi connectivity index (χ2n) is 3.04. The molecule has 1 heterocycles. The normalized spacial score (nSPS) is 16.5. The first-order valence-corrected chi connectivity index (χ1v) is 4.58. The minimum absolute atomic E-state index is 0.919. The highest BCUT2D eigenvalue weighted by molar-refractivity contribution is 5.23. The van der Waals surface area contributed by atoms with Crippen molar-refractivity contribution in [3.8, 4) is 5.75 Å². The van der Waals surface area contributed by atoms with Gasteiger partial charge in [-0.1, -0.05) is 18.2 Å². The predicted octanol–water partition coefficient (Wildman–Crippen LogP) is 1.94. The number of benzene rings is 1. The van der Waals surface area contributed by atoms with Gasteiger partial charge in [-0.05, 0) is 18.2 Å². The third-order valence-electron chi connectivity index (χ3n) is 2.01. The van der Waals surface area contributed by atoms with Gasteiger partial charge >= 0.3 is 0 Å². The van der Waals surface area contributed by atoms with E-state index in [1.807, 2.05) is 30.3 Å². The molecule has 13 heavy (non-hydrogen) atoms. The quantitative estimate of drug-likeness (QED) is 0.741. The molecule has 0 bridgehead atoms. The predicted molar refractivity (Wildman–Crippen MR) is 52.6 cm³/mol. The van der Waals surface area contributed by atoms with Gasteiger partial charge in [0.1, 0.15) is 11.5 Å². The SMILES string of the molecule is C1=C(Oc2ccccc2)CCNC1. The van der Waals surface area contributed by atoms with Gasteiger partial charge in [0.05, 0.1) is 0 Å². The molecule has 0 unspecified atom stereocenters. The van der Waals surface area contributed by atoms with E-state index in [4.69, 9.17) is 4.74 Å². The van der Waals surface area contributed by atoms with E-state index in [1.165, 1.54) is 0 Å². The van der Waals surface area contributed by atoms with Crippen LogP contribution in [0, 0.1) is 0 Å². The largest absolute Gasteiger partial charge is 0.462 e. The topological polar surface area (TPSA) is 21.3 Å². The van der Waals surface area contributed by atoms with Crippen LogP contribution in [0.3, 0.4) is 0 Å². The molecular formula is C11H13NO. The van der Waals surface area contributed by atoms with Gasteiger partial charge in [0.15, 0.2) is 0 Å². The van der Waals surface area contributed by atoms with Crippen molar-refractivity contribution < 1.29 is 4.74 Å². The molecule has 2 heteroatoms. The van der Waals surface area contributed by atoms with Crippen molar-refractivity contribution in [1.29, 1.82) is 0 Å². The molecule has 68 valence electrons. The molecule has 0 fully saturated rings. The van der Waals surface area contributed by atoms with Gasteiger partial charge in [0.2, 0.25) is 0 Å². The van der Waals surface area contributed by atoms with Gasteiger partial charge < -0.3 is 10.1 Å². The summed E-state index contributed by atoms with van der Waals surface area (Å²) >= 11 is 0. The van der Waals surface area contributed by atoms with E-state index in [-0.39, 0.29) is 0 Å². The van der Waals surface area contributed by atoms with E-state index in [2.05, 4.69) is 11.4 Å². The molecule has 1 aromatic rings. The highest BCUT2D eigenvalue weighted by atomic mass is 16.5. The summed E-state index contributed by atoms with van der Waals surface area (Å²) in [7, 11) is 0. The lowest BCUT2D eigenvalue weighted by molar-refractivity contribution is 0.388. The maximum atomic E-state index is 5.68. The van der Waals surface area contributed by atoms with Crippen LogP contribution >= 0.6 is 0 Å². The molecule has 2 rings (SSSR count). The zero-order valence-electron chi connectivity index (χ0n) is 7.49. The molecule has 0 saturated heterocycles. The number of hydrogen-bond acceptors (Lipinski definition) is 2. The van der Waals surface area contributed by atoms with Crippen LogP contribution < -0.4 is 10.1 Å². The summed E-state index contributed by atoms with van der Waals surface area (Å²) in [6.45, 7) is 1.93. The van der Waals surface area contributed by atoms with Crippen molar-refractivity contribution in [2.24, 2.45) is 0 Å². The molecule has 2 nitrogen and oxygen atoms in total. The summed E-state index contributed by atoms with van der Waals surface area (Å²) in [5.74, 6) is 2.00. The Balaban J connectivity index is 2.01. The van der Waals surface area contributed by atoms with Crippen molar-refractivity contribution in [3.05, 3.63) is 42.2 Å². The molecule has 0 aromatic heterocycles. The van der Waals surface area contributed by atoms with E-state index in [1.54, 1.807) is 0 Å². The second-order valence-corrected chi connectivity index (χ2v) is 3.04. The first kappa shape index (κ1) is 8.32. The lowest BCUT2D eigenvalue weighted by Gasteiger charge is -2.14. The summed E-state index contributed by atoms with van der Waals surface area (Å²) in [6.07, 6.45) is 3.07. The first-order valence-electron chi connectivity index (χ1n) is 4.58. The van der Waals surface area contributed by atoms with Crippen molar-refractivity contribution in [3.63, 3.8) is 0 Å². The van der Waals surface area contributed by atoms with Crippen LogP contribution in [-0.4, -0.2) is 13.1 Å². The van der Waals surface area contributed by atoms with Crippen LogP contribution in [-0.2, 0) is 0 Å². The Morgan fingerprint density at radius 2 is 2.00 bits per heavy atom. The van der Waals surface area contributed by atoms with Gasteiger partial charge in [0.25, 0.3) is 0 Å². The maximum absolute atomic E-state index is 5.68. The molecule has 0 atom stereocenters. The second kappa shape index (κ2) is 4.10. The summed E-state index contributed by atoms with van der Waals surface area (Å²) in [4.78, 5) is 0. The summed E-state index contributed by atoms with van der Waals surface area (Å²) in [5, 5.41) is 3.24. The Bertz CT molecular complexity index is 292. The molecular weight excluding hydrogens is 162 g/mol. The Morgan fingerprint density at radius 3 is 2.69 bits per heavy atom. The maximum Gasteiger partial charge on any atom is 0.126 e. The van der Waals surface area contributed by atoms with Crippen LogP contribution in [0.25, 0.3) is 0 Å². The molecule has 1 N–H and O–H groups in total. The van der Waals surface area contributed by atoms with Gasteiger partial charge in [-0.25, -0.2) is 0 Å². The van der Waals surface area contributed by atoms with E-state index < -0.39 is 0 Å². The number of nitrogens with one attached hydrogen (secondary N) is 1. The molecule has 0 aliphatic carbocycles. The standard InChI is InChI=1S/C11H13NO/c1-2-4-10(5-3-1)13-11-6-8-12-9-7-11/h1-6,12H,7-9H2. The van der Waals surface area contributed by atoms with Gasteiger partial charge in [-0.3, -0.25) is 0 Å². The number of ether oxygens (including phenoxy) is 1. The fourth-order valence-corrected chi connectivity index (χ4v) is 1.33. The van der Waals surface area contributed by atoms with Crippen molar-refractivity contribution in [2.45, 2.75) is 6.42 Å². The van der Waals surface area contributed by atoms with Crippen molar-refractivity contribution in [2.75, 3.05) is 13.1 Å². The van der Waals surface area contributed by atoms with E-state index in [9.17, 15) is 0 Å². The highest BCUT2D eigenvalue weighted by Gasteiger charge is 2.03. The van der Waals surface area contributed by atoms with Crippen LogP contribution in [0.4, 0.5) is 0 Å². The third kappa shape index (κ3) is 2.33. The lowest BCUT2D eigenvalue weighted by atomic mass is 10.2. The average molecular weight is 175 g/mol. The van der Waals surface area contributed by atoms with E-state index >= 15 is 0 Å². The molecule has 0 amide bonds. The van der Waals surface area contributed by atoms with Crippen LogP contribution in [0.15, 0.2) is 42.2 Å². The monoisotopic (exact) mass is 175 g/mol. The molecule has 0 spiro atoms. The smallest absolute Gasteiger partial charge is 0.126 e. The number of rotatable bonds is 2. The van der Waals surface area contributed by atoms with Gasteiger partial charge in [0, 0.05) is 19.5 Å². The average Bonchev–Trinajstić information content (AvgIpc) is 2.21. The Labute approximate surface area is 78.2 Å². The number of hydrogen-bond donors (Lipinski definition) is 1. The Kier molecular flexibility index (Phi) is 2.62. The van der Waals surface area contributed by atoms with Crippen LogP contribution in [0.1, 0.15) is 6.42 Å². The summed E-state index contributed by atoms with van der Waals surface area (Å²) in [5.41, 5.74) is 0. The fraction of sp³-hybridized carbons (Fsp3) is 0.273. The summed E-state index contributed by atoms with van der Waals surface area (Å²) < 4.78 is 5.68. The third-order valence-corrected chi connectivity index (χ3v) is 2.01.